The first kappa shape index (κ1) is 13.4. The molecule has 3 rings (SSSR count). The van der Waals surface area contributed by atoms with Crippen LogP contribution >= 0.6 is 0 Å². The zero-order valence-electron chi connectivity index (χ0n) is 12.0. The summed E-state index contributed by atoms with van der Waals surface area (Å²) in [7, 11) is 0. The number of aromatic hydroxyl groups is 1. The van der Waals surface area contributed by atoms with Crippen LogP contribution < -0.4 is 5.63 Å². The minimum absolute atomic E-state index is 0.0940. The molecular weight excluding hydrogens is 264 g/mol. The van der Waals surface area contributed by atoms with Gasteiger partial charge < -0.3 is 9.52 Å². The van der Waals surface area contributed by atoms with Gasteiger partial charge in [-0.15, -0.1) is 0 Å². The van der Waals surface area contributed by atoms with Crippen LogP contribution in [0.3, 0.4) is 0 Å². The highest BCUT2D eigenvalue weighted by Gasteiger charge is 2.12. The van der Waals surface area contributed by atoms with Crippen molar-refractivity contribution in [3.63, 3.8) is 0 Å². The van der Waals surface area contributed by atoms with E-state index < -0.39 is 0 Å². The third-order valence-electron chi connectivity index (χ3n) is 3.73. The van der Waals surface area contributed by atoms with E-state index in [9.17, 15) is 9.90 Å². The summed E-state index contributed by atoms with van der Waals surface area (Å²) < 4.78 is 5.34. The van der Waals surface area contributed by atoms with E-state index in [-0.39, 0.29) is 11.4 Å². The van der Waals surface area contributed by atoms with E-state index in [1.54, 1.807) is 12.1 Å². The van der Waals surface area contributed by atoms with E-state index in [4.69, 9.17) is 4.42 Å². The van der Waals surface area contributed by atoms with Gasteiger partial charge in [0.25, 0.3) is 0 Å². The molecule has 2 aromatic carbocycles. The molecule has 0 saturated heterocycles. The van der Waals surface area contributed by atoms with E-state index in [1.165, 1.54) is 11.6 Å². The molecule has 0 amide bonds. The molecular formula is C18H16O3. The molecule has 1 aromatic heterocycles. The fraction of sp³-hybridized carbons (Fsp3) is 0.167. The number of hydrogen-bond donors (Lipinski definition) is 1. The molecule has 3 aromatic rings. The van der Waals surface area contributed by atoms with E-state index in [2.05, 4.69) is 6.07 Å². The molecule has 0 atom stereocenters. The Morgan fingerprint density at radius 3 is 2.67 bits per heavy atom. The second-order valence-electron chi connectivity index (χ2n) is 5.34. The Bertz CT molecular complexity index is 875. The van der Waals surface area contributed by atoms with Crippen molar-refractivity contribution in [2.24, 2.45) is 0 Å². The minimum atomic E-state index is -0.341. The minimum Gasteiger partial charge on any atom is -0.508 e. The summed E-state index contributed by atoms with van der Waals surface area (Å²) in [5, 5.41) is 10.3. The van der Waals surface area contributed by atoms with Gasteiger partial charge in [0.2, 0.25) is 0 Å². The standard InChI is InChI=1S/C18H16O3/c1-11-4-3-5-13(8-11)9-16-12(2)15-7-6-14(19)10-17(15)21-18(16)20/h3-8,10,19H,9H2,1-2H3. The first-order valence-electron chi connectivity index (χ1n) is 6.85. The molecule has 1 N–H and O–H groups in total. The van der Waals surface area contributed by atoms with Crippen molar-refractivity contribution in [1.29, 1.82) is 0 Å². The van der Waals surface area contributed by atoms with Crippen LogP contribution in [0.4, 0.5) is 0 Å². The van der Waals surface area contributed by atoms with Crippen LogP contribution in [0.25, 0.3) is 11.0 Å². The van der Waals surface area contributed by atoms with Gasteiger partial charge in [0, 0.05) is 23.4 Å². The van der Waals surface area contributed by atoms with Crippen molar-refractivity contribution in [3.8, 4) is 5.75 Å². The number of fused-ring (bicyclic) bond motifs is 1. The second-order valence-corrected chi connectivity index (χ2v) is 5.34. The highest BCUT2D eigenvalue weighted by Crippen LogP contribution is 2.24. The van der Waals surface area contributed by atoms with Crippen LogP contribution in [0.5, 0.6) is 5.75 Å². The lowest BCUT2D eigenvalue weighted by Gasteiger charge is -2.08. The predicted octanol–water partition coefficient (Wildman–Crippen LogP) is 3.71. The van der Waals surface area contributed by atoms with E-state index in [0.29, 0.717) is 17.6 Å². The zero-order valence-corrected chi connectivity index (χ0v) is 12.0. The highest BCUT2D eigenvalue weighted by molar-refractivity contribution is 5.82. The topological polar surface area (TPSA) is 50.4 Å². The summed E-state index contributed by atoms with van der Waals surface area (Å²) in [4.78, 5) is 12.2. The number of rotatable bonds is 2. The van der Waals surface area contributed by atoms with Gasteiger partial charge in [0.05, 0.1) is 0 Å². The van der Waals surface area contributed by atoms with E-state index >= 15 is 0 Å². The maximum Gasteiger partial charge on any atom is 0.340 e. The average molecular weight is 280 g/mol. The Morgan fingerprint density at radius 1 is 1.10 bits per heavy atom. The summed E-state index contributed by atoms with van der Waals surface area (Å²) in [6.07, 6.45) is 0.548. The van der Waals surface area contributed by atoms with Crippen molar-refractivity contribution in [1.82, 2.24) is 0 Å². The molecule has 1 heterocycles. The van der Waals surface area contributed by atoms with E-state index in [1.807, 2.05) is 32.0 Å². The Balaban J connectivity index is 2.15. The summed E-state index contributed by atoms with van der Waals surface area (Å²) >= 11 is 0. The summed E-state index contributed by atoms with van der Waals surface area (Å²) in [6, 6.07) is 12.9. The van der Waals surface area contributed by atoms with Crippen LogP contribution in [0.15, 0.2) is 51.7 Å². The molecule has 0 aliphatic heterocycles. The molecule has 0 aliphatic carbocycles. The molecule has 3 heteroatoms. The van der Waals surface area contributed by atoms with Crippen LogP contribution in [-0.4, -0.2) is 5.11 Å². The number of phenolic OH excluding ortho intramolecular Hbond substituents is 1. The van der Waals surface area contributed by atoms with Gasteiger partial charge in [-0.1, -0.05) is 29.8 Å². The zero-order chi connectivity index (χ0) is 15.0. The quantitative estimate of drug-likeness (QED) is 0.728. The van der Waals surface area contributed by atoms with Gasteiger partial charge in [-0.25, -0.2) is 4.79 Å². The van der Waals surface area contributed by atoms with Gasteiger partial charge in [0.15, 0.2) is 0 Å². The number of benzene rings is 2. The average Bonchev–Trinajstić information content (AvgIpc) is 2.43. The first-order chi connectivity index (χ1) is 10.0. The molecule has 21 heavy (non-hydrogen) atoms. The molecule has 0 bridgehead atoms. The smallest absolute Gasteiger partial charge is 0.340 e. The summed E-state index contributed by atoms with van der Waals surface area (Å²) in [5.74, 6) is 0.0940. The first-order valence-corrected chi connectivity index (χ1v) is 6.85. The SMILES string of the molecule is Cc1cccc(Cc2c(C)c3ccc(O)cc3oc2=O)c1. The lowest BCUT2D eigenvalue weighted by atomic mass is 9.99. The number of aryl methyl sites for hydroxylation is 2. The van der Waals surface area contributed by atoms with Crippen LogP contribution in [0, 0.1) is 13.8 Å². The highest BCUT2D eigenvalue weighted by atomic mass is 16.4. The van der Waals surface area contributed by atoms with Crippen LogP contribution in [0.2, 0.25) is 0 Å². The Morgan fingerprint density at radius 2 is 1.90 bits per heavy atom. The van der Waals surface area contributed by atoms with Crippen LogP contribution in [0.1, 0.15) is 22.3 Å². The second kappa shape index (κ2) is 5.09. The Kier molecular flexibility index (Phi) is 3.26. The lowest BCUT2D eigenvalue weighted by Crippen LogP contribution is -2.10. The van der Waals surface area contributed by atoms with Crippen molar-refractivity contribution in [2.75, 3.05) is 0 Å². The lowest BCUT2D eigenvalue weighted by molar-refractivity contribution is 0.472. The van der Waals surface area contributed by atoms with Crippen molar-refractivity contribution < 1.29 is 9.52 Å². The molecule has 106 valence electrons. The molecule has 0 radical (unpaired) electrons. The van der Waals surface area contributed by atoms with E-state index in [0.717, 1.165) is 16.5 Å². The Labute approximate surface area is 122 Å². The summed E-state index contributed by atoms with van der Waals surface area (Å²) in [5.41, 5.74) is 3.91. The van der Waals surface area contributed by atoms with Gasteiger partial charge in [0.1, 0.15) is 11.3 Å². The third kappa shape index (κ3) is 2.55. The van der Waals surface area contributed by atoms with Crippen LogP contribution in [-0.2, 0) is 6.42 Å². The fourth-order valence-electron chi connectivity index (χ4n) is 2.61. The van der Waals surface area contributed by atoms with Gasteiger partial charge in [-0.05, 0) is 37.1 Å². The molecule has 0 saturated carbocycles. The molecule has 0 spiro atoms. The molecule has 0 aliphatic rings. The van der Waals surface area contributed by atoms with Gasteiger partial charge in [-0.3, -0.25) is 0 Å². The number of hydrogen-bond acceptors (Lipinski definition) is 3. The van der Waals surface area contributed by atoms with Crippen molar-refractivity contribution in [2.45, 2.75) is 20.3 Å². The maximum atomic E-state index is 12.2. The predicted molar refractivity (Wildman–Crippen MR) is 82.9 cm³/mol. The monoisotopic (exact) mass is 280 g/mol. The maximum absolute atomic E-state index is 12.2. The molecule has 3 nitrogen and oxygen atoms in total. The largest absolute Gasteiger partial charge is 0.508 e. The van der Waals surface area contributed by atoms with Gasteiger partial charge >= 0.3 is 5.63 Å². The Hall–Kier alpha value is -2.55. The van der Waals surface area contributed by atoms with Gasteiger partial charge in [-0.2, -0.15) is 0 Å². The third-order valence-corrected chi connectivity index (χ3v) is 3.73. The van der Waals surface area contributed by atoms with Crippen molar-refractivity contribution in [3.05, 3.63) is 75.1 Å². The summed E-state index contributed by atoms with van der Waals surface area (Å²) in [6.45, 7) is 3.95. The molecule has 0 unspecified atom stereocenters. The molecule has 0 fully saturated rings. The van der Waals surface area contributed by atoms with Crippen molar-refractivity contribution >= 4 is 11.0 Å². The number of phenols is 1. The fourth-order valence-corrected chi connectivity index (χ4v) is 2.61. The normalized spacial score (nSPS) is 11.0.